The second-order valence-corrected chi connectivity index (χ2v) is 6.10. The fourth-order valence-electron chi connectivity index (χ4n) is 3.30. The SMILES string of the molecule is CC1CCC(c2ccc3c(c2)CC(=O)N3)N(C(=O)C(=O)O)C1. The minimum atomic E-state index is -1.42. The third-order valence-corrected chi connectivity index (χ3v) is 4.40. The van der Waals surface area contributed by atoms with Gasteiger partial charge in [-0.2, -0.15) is 0 Å². The van der Waals surface area contributed by atoms with Gasteiger partial charge >= 0.3 is 11.9 Å². The van der Waals surface area contributed by atoms with Gasteiger partial charge in [-0.1, -0.05) is 19.1 Å². The quantitative estimate of drug-likeness (QED) is 0.771. The lowest BCUT2D eigenvalue weighted by molar-refractivity contribution is -0.158. The van der Waals surface area contributed by atoms with Gasteiger partial charge in [-0.3, -0.25) is 9.59 Å². The third-order valence-electron chi connectivity index (χ3n) is 4.40. The minimum absolute atomic E-state index is 0.0390. The zero-order valence-corrected chi connectivity index (χ0v) is 12.3. The van der Waals surface area contributed by atoms with E-state index in [4.69, 9.17) is 5.11 Å². The van der Waals surface area contributed by atoms with E-state index in [0.29, 0.717) is 13.0 Å². The van der Waals surface area contributed by atoms with Crippen LogP contribution in [0.25, 0.3) is 0 Å². The van der Waals surface area contributed by atoms with Crippen molar-refractivity contribution in [2.75, 3.05) is 11.9 Å². The predicted octanol–water partition coefficient (Wildman–Crippen LogP) is 1.57. The molecule has 2 heterocycles. The molecule has 0 aliphatic carbocycles. The number of nitrogens with zero attached hydrogens (tertiary/aromatic N) is 1. The Hall–Kier alpha value is -2.37. The Bertz CT molecular complexity index is 656. The van der Waals surface area contributed by atoms with E-state index < -0.39 is 11.9 Å². The highest BCUT2D eigenvalue weighted by Crippen LogP contribution is 2.35. The Labute approximate surface area is 128 Å². The number of carboxylic acids is 1. The summed E-state index contributed by atoms with van der Waals surface area (Å²) in [5.41, 5.74) is 2.61. The maximum atomic E-state index is 12.0. The number of amides is 2. The van der Waals surface area contributed by atoms with Crippen LogP contribution < -0.4 is 5.32 Å². The molecule has 116 valence electrons. The van der Waals surface area contributed by atoms with Crippen LogP contribution in [0.2, 0.25) is 0 Å². The monoisotopic (exact) mass is 302 g/mol. The van der Waals surface area contributed by atoms with E-state index in [1.807, 2.05) is 25.1 Å². The number of benzene rings is 1. The summed E-state index contributed by atoms with van der Waals surface area (Å²) < 4.78 is 0. The third kappa shape index (κ3) is 2.56. The Balaban J connectivity index is 1.91. The van der Waals surface area contributed by atoms with Crippen LogP contribution in [0.15, 0.2) is 18.2 Å². The van der Waals surface area contributed by atoms with Crippen LogP contribution in [0.1, 0.15) is 36.9 Å². The molecule has 1 fully saturated rings. The Kier molecular flexibility index (Phi) is 3.60. The van der Waals surface area contributed by atoms with E-state index >= 15 is 0 Å². The number of anilines is 1. The average Bonchev–Trinajstić information content (AvgIpc) is 2.85. The number of carbonyl (C=O) groups excluding carboxylic acids is 2. The van der Waals surface area contributed by atoms with E-state index in [1.54, 1.807) is 0 Å². The van der Waals surface area contributed by atoms with Crippen molar-refractivity contribution in [1.82, 2.24) is 4.90 Å². The summed E-state index contributed by atoms with van der Waals surface area (Å²) >= 11 is 0. The van der Waals surface area contributed by atoms with Crippen molar-refractivity contribution in [2.45, 2.75) is 32.2 Å². The summed E-state index contributed by atoms with van der Waals surface area (Å²) in [6.45, 7) is 2.47. The lowest BCUT2D eigenvalue weighted by Gasteiger charge is -2.38. The summed E-state index contributed by atoms with van der Waals surface area (Å²) in [5.74, 6) is -2.02. The second kappa shape index (κ2) is 5.44. The number of likely N-dealkylation sites (tertiary alicyclic amines) is 1. The van der Waals surface area contributed by atoms with Crippen molar-refractivity contribution in [2.24, 2.45) is 5.92 Å². The molecule has 6 nitrogen and oxygen atoms in total. The van der Waals surface area contributed by atoms with Crippen LogP contribution in [0, 0.1) is 5.92 Å². The van der Waals surface area contributed by atoms with Crippen molar-refractivity contribution in [3.8, 4) is 0 Å². The number of piperidine rings is 1. The van der Waals surface area contributed by atoms with Crippen LogP contribution >= 0.6 is 0 Å². The number of rotatable bonds is 1. The van der Waals surface area contributed by atoms with E-state index in [1.165, 1.54) is 4.90 Å². The van der Waals surface area contributed by atoms with E-state index in [0.717, 1.165) is 29.7 Å². The Morgan fingerprint density at radius 2 is 2.09 bits per heavy atom. The summed E-state index contributed by atoms with van der Waals surface area (Å²) in [4.78, 5) is 35.9. The lowest BCUT2D eigenvalue weighted by atomic mass is 9.89. The lowest BCUT2D eigenvalue weighted by Crippen LogP contribution is -2.44. The van der Waals surface area contributed by atoms with Crippen LogP contribution in [0.3, 0.4) is 0 Å². The average molecular weight is 302 g/mol. The van der Waals surface area contributed by atoms with E-state index in [9.17, 15) is 14.4 Å². The summed E-state index contributed by atoms with van der Waals surface area (Å²) in [7, 11) is 0. The van der Waals surface area contributed by atoms with Gasteiger partial charge in [0.15, 0.2) is 0 Å². The van der Waals surface area contributed by atoms with Crippen LogP contribution in [0.5, 0.6) is 0 Å². The first kappa shape index (κ1) is 14.6. The molecule has 2 atom stereocenters. The summed E-state index contributed by atoms with van der Waals surface area (Å²) in [6, 6.07) is 5.38. The zero-order valence-electron chi connectivity index (χ0n) is 12.3. The molecule has 22 heavy (non-hydrogen) atoms. The number of fused-ring (bicyclic) bond motifs is 1. The molecule has 2 amide bonds. The number of carbonyl (C=O) groups is 3. The zero-order chi connectivity index (χ0) is 15.9. The number of hydrogen-bond acceptors (Lipinski definition) is 3. The normalized spacial score (nSPS) is 23.9. The number of aliphatic carboxylic acids is 1. The molecule has 1 aromatic rings. The van der Waals surface area contributed by atoms with Gasteiger partial charge in [0.1, 0.15) is 0 Å². The molecule has 0 saturated carbocycles. The largest absolute Gasteiger partial charge is 0.474 e. The van der Waals surface area contributed by atoms with Crippen LogP contribution in [0.4, 0.5) is 5.69 Å². The van der Waals surface area contributed by atoms with Crippen molar-refractivity contribution in [3.63, 3.8) is 0 Å². The molecule has 6 heteroatoms. The molecule has 2 N–H and O–H groups in total. The molecule has 2 aliphatic heterocycles. The summed E-state index contributed by atoms with van der Waals surface area (Å²) in [6.07, 6.45) is 2.02. The topological polar surface area (TPSA) is 86.7 Å². The molecule has 2 unspecified atom stereocenters. The van der Waals surface area contributed by atoms with Gasteiger partial charge in [0.05, 0.1) is 12.5 Å². The van der Waals surface area contributed by atoms with Crippen molar-refractivity contribution < 1.29 is 19.5 Å². The minimum Gasteiger partial charge on any atom is -0.474 e. The maximum absolute atomic E-state index is 12.0. The molecule has 1 aromatic carbocycles. The van der Waals surface area contributed by atoms with Gasteiger partial charge in [0.25, 0.3) is 0 Å². The fourth-order valence-corrected chi connectivity index (χ4v) is 3.30. The van der Waals surface area contributed by atoms with E-state index in [2.05, 4.69) is 5.32 Å². The smallest absolute Gasteiger partial charge is 0.394 e. The van der Waals surface area contributed by atoms with E-state index in [-0.39, 0.29) is 17.9 Å². The van der Waals surface area contributed by atoms with Crippen LogP contribution in [-0.2, 0) is 20.8 Å². The van der Waals surface area contributed by atoms with Gasteiger partial charge in [-0.05, 0) is 36.0 Å². The number of carboxylic acid groups (broad SMARTS) is 1. The van der Waals surface area contributed by atoms with Gasteiger partial charge < -0.3 is 15.3 Å². The van der Waals surface area contributed by atoms with Crippen molar-refractivity contribution in [3.05, 3.63) is 29.3 Å². The molecule has 3 rings (SSSR count). The van der Waals surface area contributed by atoms with Crippen LogP contribution in [-0.4, -0.2) is 34.3 Å². The Morgan fingerprint density at radius 3 is 2.82 bits per heavy atom. The fraction of sp³-hybridized carbons (Fsp3) is 0.438. The molecule has 0 radical (unpaired) electrons. The standard InChI is InChI=1S/C16H18N2O4/c1-9-2-5-13(18(8-9)15(20)16(21)22)10-3-4-12-11(6-10)7-14(19)17-12/h3-4,6,9,13H,2,5,7-8H2,1H3,(H,17,19)(H,21,22). The van der Waals surface area contributed by atoms with Gasteiger partial charge in [-0.25, -0.2) is 4.79 Å². The van der Waals surface area contributed by atoms with Gasteiger partial charge in [0.2, 0.25) is 5.91 Å². The highest BCUT2D eigenvalue weighted by Gasteiger charge is 2.34. The van der Waals surface area contributed by atoms with Gasteiger partial charge in [0, 0.05) is 12.2 Å². The number of hydrogen-bond donors (Lipinski definition) is 2. The molecule has 0 bridgehead atoms. The predicted molar refractivity (Wildman–Crippen MR) is 79.3 cm³/mol. The molecule has 0 spiro atoms. The molecule has 2 aliphatic rings. The first-order valence-corrected chi connectivity index (χ1v) is 7.42. The maximum Gasteiger partial charge on any atom is 0.394 e. The highest BCUT2D eigenvalue weighted by molar-refractivity contribution is 6.31. The molecule has 0 aromatic heterocycles. The highest BCUT2D eigenvalue weighted by atomic mass is 16.4. The first-order chi connectivity index (χ1) is 10.5. The second-order valence-electron chi connectivity index (χ2n) is 6.10. The molecular weight excluding hydrogens is 284 g/mol. The Morgan fingerprint density at radius 1 is 1.32 bits per heavy atom. The molecular formula is C16H18N2O4. The molecule has 1 saturated heterocycles. The van der Waals surface area contributed by atoms with Gasteiger partial charge in [-0.15, -0.1) is 0 Å². The summed E-state index contributed by atoms with van der Waals surface area (Å²) in [5, 5.41) is 11.8. The first-order valence-electron chi connectivity index (χ1n) is 7.42. The number of nitrogens with one attached hydrogen (secondary N) is 1. The van der Waals surface area contributed by atoms with Crippen molar-refractivity contribution >= 4 is 23.5 Å². The van der Waals surface area contributed by atoms with Crippen molar-refractivity contribution in [1.29, 1.82) is 0 Å².